The number of ether oxygens (including phenoxy) is 1. The van der Waals surface area contributed by atoms with Crippen LogP contribution in [0.4, 0.5) is 0 Å². The standard InChI is InChI=1S/C16H25NO2/c1-12-6-8-14(9-7-12)17-16(11-18)13-4-3-5-15(10-13)19-2/h3-5,10,12,14,16-18H,6-9,11H2,1-2H3. The minimum absolute atomic E-state index is 0.00788. The second-order valence-electron chi connectivity index (χ2n) is 5.64. The molecule has 1 fully saturated rings. The van der Waals surface area contributed by atoms with E-state index in [0.717, 1.165) is 17.2 Å². The topological polar surface area (TPSA) is 41.5 Å². The van der Waals surface area contributed by atoms with Crippen molar-refractivity contribution in [1.82, 2.24) is 5.32 Å². The van der Waals surface area contributed by atoms with Crippen LogP contribution in [0.2, 0.25) is 0 Å². The first-order valence-corrected chi connectivity index (χ1v) is 7.23. The first kappa shape index (κ1) is 14.4. The average Bonchev–Trinajstić information content (AvgIpc) is 2.46. The summed E-state index contributed by atoms with van der Waals surface area (Å²) in [6, 6.07) is 8.48. The Bertz CT molecular complexity index is 386. The highest BCUT2D eigenvalue weighted by molar-refractivity contribution is 5.30. The van der Waals surface area contributed by atoms with Gasteiger partial charge in [0.2, 0.25) is 0 Å². The third-order valence-electron chi connectivity index (χ3n) is 4.13. The molecule has 1 aliphatic rings. The molecule has 0 saturated heterocycles. The van der Waals surface area contributed by atoms with Crippen molar-refractivity contribution in [3.63, 3.8) is 0 Å². The highest BCUT2D eigenvalue weighted by Crippen LogP contribution is 2.26. The van der Waals surface area contributed by atoms with Crippen molar-refractivity contribution < 1.29 is 9.84 Å². The summed E-state index contributed by atoms with van der Waals surface area (Å²) in [7, 11) is 1.67. The molecule has 1 aromatic rings. The van der Waals surface area contributed by atoms with E-state index in [-0.39, 0.29) is 12.6 Å². The second-order valence-corrected chi connectivity index (χ2v) is 5.64. The van der Waals surface area contributed by atoms with Crippen LogP contribution in [0.5, 0.6) is 5.75 Å². The summed E-state index contributed by atoms with van der Waals surface area (Å²) in [5.74, 6) is 1.69. The van der Waals surface area contributed by atoms with E-state index in [2.05, 4.69) is 12.2 Å². The van der Waals surface area contributed by atoms with Gasteiger partial charge in [-0.1, -0.05) is 19.1 Å². The molecule has 1 saturated carbocycles. The van der Waals surface area contributed by atoms with Gasteiger partial charge in [0.1, 0.15) is 5.75 Å². The normalized spacial score (nSPS) is 25.0. The molecule has 0 aromatic heterocycles. The molecule has 2 N–H and O–H groups in total. The number of rotatable bonds is 5. The molecule has 0 bridgehead atoms. The van der Waals surface area contributed by atoms with Crippen LogP contribution in [0, 0.1) is 5.92 Å². The lowest BCUT2D eigenvalue weighted by Crippen LogP contribution is -2.37. The van der Waals surface area contributed by atoms with Crippen molar-refractivity contribution in [3.05, 3.63) is 29.8 Å². The molecule has 0 amide bonds. The fourth-order valence-electron chi connectivity index (χ4n) is 2.82. The van der Waals surface area contributed by atoms with Gasteiger partial charge < -0.3 is 15.2 Å². The second kappa shape index (κ2) is 6.92. The van der Waals surface area contributed by atoms with Crippen LogP contribution in [-0.4, -0.2) is 24.9 Å². The van der Waals surface area contributed by atoms with Gasteiger partial charge in [-0.3, -0.25) is 0 Å². The zero-order valence-electron chi connectivity index (χ0n) is 11.9. The van der Waals surface area contributed by atoms with Crippen LogP contribution >= 0.6 is 0 Å². The fourth-order valence-corrected chi connectivity index (χ4v) is 2.82. The molecule has 1 atom stereocenters. The largest absolute Gasteiger partial charge is 0.497 e. The van der Waals surface area contributed by atoms with E-state index in [4.69, 9.17) is 4.74 Å². The Morgan fingerprint density at radius 3 is 2.68 bits per heavy atom. The van der Waals surface area contributed by atoms with Crippen LogP contribution in [-0.2, 0) is 0 Å². The third-order valence-corrected chi connectivity index (χ3v) is 4.13. The van der Waals surface area contributed by atoms with E-state index < -0.39 is 0 Å². The number of benzene rings is 1. The zero-order chi connectivity index (χ0) is 13.7. The molecule has 0 heterocycles. The number of hydrogen-bond acceptors (Lipinski definition) is 3. The lowest BCUT2D eigenvalue weighted by atomic mass is 9.87. The predicted octanol–water partition coefficient (Wildman–Crippen LogP) is 2.90. The molecule has 0 radical (unpaired) electrons. The van der Waals surface area contributed by atoms with Gasteiger partial charge in [0.05, 0.1) is 19.8 Å². The molecule has 1 aromatic carbocycles. The first-order valence-electron chi connectivity index (χ1n) is 7.23. The molecule has 19 heavy (non-hydrogen) atoms. The van der Waals surface area contributed by atoms with Crippen molar-refractivity contribution in [3.8, 4) is 5.75 Å². The van der Waals surface area contributed by atoms with E-state index >= 15 is 0 Å². The number of nitrogens with one attached hydrogen (secondary N) is 1. The molecule has 1 unspecified atom stereocenters. The Morgan fingerprint density at radius 1 is 1.32 bits per heavy atom. The Morgan fingerprint density at radius 2 is 2.05 bits per heavy atom. The van der Waals surface area contributed by atoms with Gasteiger partial charge in [-0.05, 0) is 49.3 Å². The number of methoxy groups -OCH3 is 1. The van der Waals surface area contributed by atoms with Crippen molar-refractivity contribution in [2.45, 2.75) is 44.7 Å². The molecular weight excluding hydrogens is 238 g/mol. The SMILES string of the molecule is COc1cccc(C(CO)NC2CCC(C)CC2)c1. The van der Waals surface area contributed by atoms with E-state index in [1.807, 2.05) is 24.3 Å². The molecule has 3 heteroatoms. The van der Waals surface area contributed by atoms with Gasteiger partial charge in [-0.15, -0.1) is 0 Å². The summed E-state index contributed by atoms with van der Waals surface area (Å²) >= 11 is 0. The minimum atomic E-state index is 0.00788. The zero-order valence-corrected chi connectivity index (χ0v) is 11.9. The van der Waals surface area contributed by atoms with Crippen LogP contribution in [0.25, 0.3) is 0 Å². The number of aliphatic hydroxyl groups excluding tert-OH is 1. The molecule has 106 valence electrons. The van der Waals surface area contributed by atoms with Crippen molar-refractivity contribution in [1.29, 1.82) is 0 Å². The van der Waals surface area contributed by atoms with Crippen molar-refractivity contribution in [2.75, 3.05) is 13.7 Å². The number of aliphatic hydroxyl groups is 1. The lowest BCUT2D eigenvalue weighted by Gasteiger charge is -2.30. The van der Waals surface area contributed by atoms with Crippen LogP contribution in [0.1, 0.15) is 44.2 Å². The summed E-state index contributed by atoms with van der Waals surface area (Å²) in [6.07, 6.45) is 4.99. The molecule has 0 aliphatic heterocycles. The number of hydrogen-bond donors (Lipinski definition) is 2. The summed E-state index contributed by atoms with van der Waals surface area (Å²) in [5.41, 5.74) is 1.10. The van der Waals surface area contributed by atoms with Crippen LogP contribution in [0.15, 0.2) is 24.3 Å². The van der Waals surface area contributed by atoms with E-state index in [0.29, 0.717) is 6.04 Å². The summed E-state index contributed by atoms with van der Waals surface area (Å²) in [6.45, 7) is 2.45. The smallest absolute Gasteiger partial charge is 0.119 e. The van der Waals surface area contributed by atoms with Gasteiger partial charge in [0, 0.05) is 6.04 Å². The lowest BCUT2D eigenvalue weighted by molar-refractivity contribution is 0.211. The highest BCUT2D eigenvalue weighted by Gasteiger charge is 2.21. The van der Waals surface area contributed by atoms with Gasteiger partial charge >= 0.3 is 0 Å². The molecule has 2 rings (SSSR count). The Hall–Kier alpha value is -1.06. The molecular formula is C16H25NO2. The third kappa shape index (κ3) is 3.95. The highest BCUT2D eigenvalue weighted by atomic mass is 16.5. The van der Waals surface area contributed by atoms with E-state index in [9.17, 15) is 5.11 Å². The average molecular weight is 263 g/mol. The minimum Gasteiger partial charge on any atom is -0.497 e. The Kier molecular flexibility index (Phi) is 5.23. The van der Waals surface area contributed by atoms with Gasteiger partial charge in [0.15, 0.2) is 0 Å². The summed E-state index contributed by atoms with van der Waals surface area (Å²) in [4.78, 5) is 0. The van der Waals surface area contributed by atoms with E-state index in [1.54, 1.807) is 7.11 Å². The van der Waals surface area contributed by atoms with Gasteiger partial charge in [-0.25, -0.2) is 0 Å². The first-order chi connectivity index (χ1) is 9.22. The summed E-state index contributed by atoms with van der Waals surface area (Å²) in [5, 5.41) is 13.2. The van der Waals surface area contributed by atoms with Crippen molar-refractivity contribution >= 4 is 0 Å². The summed E-state index contributed by atoms with van der Waals surface area (Å²) < 4.78 is 5.24. The maximum atomic E-state index is 9.62. The monoisotopic (exact) mass is 263 g/mol. The van der Waals surface area contributed by atoms with Crippen LogP contribution in [0.3, 0.4) is 0 Å². The Labute approximate surface area is 116 Å². The Balaban J connectivity index is 1.99. The van der Waals surface area contributed by atoms with Crippen molar-refractivity contribution in [2.24, 2.45) is 5.92 Å². The van der Waals surface area contributed by atoms with Gasteiger partial charge in [-0.2, -0.15) is 0 Å². The quantitative estimate of drug-likeness (QED) is 0.858. The maximum Gasteiger partial charge on any atom is 0.119 e. The molecule has 1 aliphatic carbocycles. The molecule has 3 nitrogen and oxygen atoms in total. The molecule has 0 spiro atoms. The fraction of sp³-hybridized carbons (Fsp3) is 0.625. The van der Waals surface area contributed by atoms with Crippen LogP contribution < -0.4 is 10.1 Å². The maximum absolute atomic E-state index is 9.62. The van der Waals surface area contributed by atoms with Gasteiger partial charge in [0.25, 0.3) is 0 Å². The predicted molar refractivity (Wildman–Crippen MR) is 77.4 cm³/mol. The van der Waals surface area contributed by atoms with E-state index in [1.165, 1.54) is 25.7 Å².